The highest BCUT2D eigenvalue weighted by atomic mass is 31.2. The van der Waals surface area contributed by atoms with E-state index in [1.165, 1.54) is 0 Å². The zero-order valence-electron chi connectivity index (χ0n) is 16.5. The van der Waals surface area contributed by atoms with Crippen LogP contribution in [-0.4, -0.2) is 19.8 Å². The molecule has 29 heavy (non-hydrogen) atoms. The standard InChI is InChI=1S/C20H24F2O5P2/c1-4-25-28(23,18-10-8-7-9-11-18)20(29(24,26-5-2)27-6-3)14-16-12-13-17(21)15-19(16)22/h7-15H,4-6H2,1-3H3/b20-14-. The van der Waals surface area contributed by atoms with Gasteiger partial charge in [0.05, 0.1) is 19.8 Å². The quantitative estimate of drug-likeness (QED) is 0.410. The summed E-state index contributed by atoms with van der Waals surface area (Å²) in [4.78, 5) is 0. The SMILES string of the molecule is CCOP(=O)(OCC)/C(=C\c1ccc(F)cc1F)P(=O)(OCC)c1ccccc1. The molecule has 0 aliphatic carbocycles. The van der Waals surface area contributed by atoms with Crippen LogP contribution in [0.15, 0.2) is 53.6 Å². The molecule has 5 nitrogen and oxygen atoms in total. The molecule has 0 N–H and O–H groups in total. The molecule has 9 heteroatoms. The Morgan fingerprint density at radius 2 is 1.48 bits per heavy atom. The Morgan fingerprint density at radius 1 is 0.897 bits per heavy atom. The van der Waals surface area contributed by atoms with E-state index >= 15 is 0 Å². The fourth-order valence-corrected chi connectivity index (χ4v) is 7.93. The second kappa shape index (κ2) is 10.4. The summed E-state index contributed by atoms with van der Waals surface area (Å²) in [6.45, 7) is 4.89. The summed E-state index contributed by atoms with van der Waals surface area (Å²) in [5, 5.41) is -0.0393. The molecule has 0 aliphatic heterocycles. The summed E-state index contributed by atoms with van der Waals surface area (Å²) in [6.07, 6.45) is 1.12. The van der Waals surface area contributed by atoms with Crippen molar-refractivity contribution in [2.75, 3.05) is 19.8 Å². The van der Waals surface area contributed by atoms with Crippen LogP contribution in [0, 0.1) is 11.6 Å². The van der Waals surface area contributed by atoms with Crippen molar-refractivity contribution in [1.82, 2.24) is 0 Å². The van der Waals surface area contributed by atoms with Gasteiger partial charge in [0.2, 0.25) is 0 Å². The third-order valence-electron chi connectivity index (χ3n) is 3.83. The molecule has 0 heterocycles. The van der Waals surface area contributed by atoms with Crippen LogP contribution in [0.3, 0.4) is 0 Å². The van der Waals surface area contributed by atoms with Gasteiger partial charge >= 0.3 is 7.60 Å². The van der Waals surface area contributed by atoms with Crippen LogP contribution in [0.25, 0.3) is 6.08 Å². The van der Waals surface area contributed by atoms with E-state index in [4.69, 9.17) is 13.6 Å². The predicted molar refractivity (Wildman–Crippen MR) is 111 cm³/mol. The highest BCUT2D eigenvalue weighted by Crippen LogP contribution is 2.73. The molecule has 0 amide bonds. The average Bonchev–Trinajstić information content (AvgIpc) is 2.68. The molecular formula is C20H24F2O5P2. The molecule has 0 aromatic heterocycles. The van der Waals surface area contributed by atoms with E-state index in [0.29, 0.717) is 6.07 Å². The fourth-order valence-electron chi connectivity index (χ4n) is 2.67. The monoisotopic (exact) mass is 444 g/mol. The minimum absolute atomic E-state index is 0.00142. The summed E-state index contributed by atoms with van der Waals surface area (Å²) in [6, 6.07) is 11.1. The van der Waals surface area contributed by atoms with Crippen molar-refractivity contribution in [1.29, 1.82) is 0 Å². The number of halogens is 2. The van der Waals surface area contributed by atoms with E-state index < -0.39 is 26.6 Å². The average molecular weight is 444 g/mol. The first-order valence-corrected chi connectivity index (χ1v) is 12.3. The second-order valence-electron chi connectivity index (χ2n) is 5.81. The molecule has 158 valence electrons. The molecule has 0 radical (unpaired) electrons. The van der Waals surface area contributed by atoms with Gasteiger partial charge in [0.15, 0.2) is 0 Å². The second-order valence-corrected chi connectivity index (χ2v) is 10.5. The summed E-state index contributed by atoms with van der Waals surface area (Å²) in [7, 11) is -8.10. The van der Waals surface area contributed by atoms with Gasteiger partial charge in [-0.25, -0.2) is 8.78 Å². The molecule has 0 spiro atoms. The lowest BCUT2D eigenvalue weighted by Gasteiger charge is -2.27. The summed E-state index contributed by atoms with van der Waals surface area (Å²) < 4.78 is 71.8. The van der Waals surface area contributed by atoms with Crippen LogP contribution in [0.4, 0.5) is 8.78 Å². The van der Waals surface area contributed by atoms with Crippen LogP contribution in [0.5, 0.6) is 0 Å². The minimum Gasteiger partial charge on any atom is -0.322 e. The Hall–Kier alpha value is -1.62. The zero-order valence-corrected chi connectivity index (χ0v) is 18.3. The number of hydrogen-bond acceptors (Lipinski definition) is 5. The van der Waals surface area contributed by atoms with Crippen LogP contribution in [-0.2, 0) is 22.7 Å². The molecule has 1 atom stereocenters. The van der Waals surface area contributed by atoms with Crippen molar-refractivity contribution in [3.63, 3.8) is 0 Å². The van der Waals surface area contributed by atoms with Gasteiger partial charge in [-0.05, 0) is 51.1 Å². The normalized spacial score (nSPS) is 14.6. The first-order chi connectivity index (χ1) is 13.8. The lowest BCUT2D eigenvalue weighted by atomic mass is 10.2. The molecule has 2 rings (SSSR count). The molecule has 0 saturated heterocycles. The highest BCUT2D eigenvalue weighted by molar-refractivity contribution is 7.85. The van der Waals surface area contributed by atoms with Crippen LogP contribution in [0.2, 0.25) is 0 Å². The summed E-state index contributed by atoms with van der Waals surface area (Å²) in [5.41, 5.74) is -0.114. The minimum atomic E-state index is -4.13. The number of hydrogen-bond donors (Lipinski definition) is 0. The maximum absolute atomic E-state index is 14.4. The Balaban J connectivity index is 2.82. The van der Waals surface area contributed by atoms with E-state index in [2.05, 4.69) is 0 Å². The van der Waals surface area contributed by atoms with Gasteiger partial charge in [-0.15, -0.1) is 0 Å². The van der Waals surface area contributed by atoms with Gasteiger partial charge in [0.1, 0.15) is 16.7 Å². The van der Waals surface area contributed by atoms with Crippen molar-refractivity contribution >= 4 is 26.3 Å². The molecule has 1 unspecified atom stereocenters. The van der Waals surface area contributed by atoms with E-state index in [1.807, 2.05) is 0 Å². The van der Waals surface area contributed by atoms with Gasteiger partial charge < -0.3 is 13.6 Å². The molecule has 2 aromatic rings. The zero-order chi connectivity index (χ0) is 21.5. The van der Waals surface area contributed by atoms with Crippen LogP contribution >= 0.6 is 15.0 Å². The summed E-state index contributed by atoms with van der Waals surface area (Å²) >= 11 is 0. The van der Waals surface area contributed by atoms with E-state index in [-0.39, 0.29) is 35.7 Å². The van der Waals surface area contributed by atoms with Gasteiger partial charge in [-0.3, -0.25) is 9.13 Å². The fraction of sp³-hybridized carbons (Fsp3) is 0.300. The van der Waals surface area contributed by atoms with Gasteiger partial charge in [-0.2, -0.15) is 0 Å². The largest absolute Gasteiger partial charge is 0.367 e. The Bertz CT molecular complexity index is 937. The lowest BCUT2D eigenvalue weighted by Crippen LogP contribution is -2.12. The van der Waals surface area contributed by atoms with Crippen molar-refractivity contribution in [3.05, 3.63) is 70.8 Å². The highest BCUT2D eigenvalue weighted by Gasteiger charge is 2.45. The maximum Gasteiger partial charge on any atom is 0.367 e. The van der Waals surface area contributed by atoms with Gasteiger partial charge in [-0.1, -0.05) is 18.2 Å². The third-order valence-corrected chi connectivity index (χ3v) is 9.58. The molecule has 2 aromatic carbocycles. The first kappa shape index (κ1) is 23.7. The molecule has 0 fully saturated rings. The lowest BCUT2D eigenvalue weighted by molar-refractivity contribution is 0.227. The van der Waals surface area contributed by atoms with Crippen molar-refractivity contribution in [2.24, 2.45) is 0 Å². The molecule has 0 bridgehead atoms. The first-order valence-electron chi connectivity index (χ1n) is 9.18. The molecule has 0 aliphatic rings. The van der Waals surface area contributed by atoms with Crippen LogP contribution < -0.4 is 5.30 Å². The summed E-state index contributed by atoms with van der Waals surface area (Å²) in [5.74, 6) is -1.67. The van der Waals surface area contributed by atoms with Crippen molar-refractivity contribution in [2.45, 2.75) is 20.8 Å². The molecule has 0 saturated carbocycles. The Morgan fingerprint density at radius 3 is 2.00 bits per heavy atom. The van der Waals surface area contributed by atoms with Crippen molar-refractivity contribution < 1.29 is 31.5 Å². The topological polar surface area (TPSA) is 61.8 Å². The Labute approximate surface area is 169 Å². The van der Waals surface area contributed by atoms with Crippen LogP contribution in [0.1, 0.15) is 26.3 Å². The third kappa shape index (κ3) is 5.50. The number of benzene rings is 2. The Kier molecular flexibility index (Phi) is 8.50. The smallest absolute Gasteiger partial charge is 0.322 e. The molecular weight excluding hydrogens is 420 g/mol. The van der Waals surface area contributed by atoms with Crippen molar-refractivity contribution in [3.8, 4) is 0 Å². The predicted octanol–water partition coefficient (Wildman–Crippen LogP) is 6.17. The van der Waals surface area contributed by atoms with E-state index in [9.17, 15) is 17.9 Å². The van der Waals surface area contributed by atoms with Gasteiger partial charge in [0, 0.05) is 16.9 Å². The van der Waals surface area contributed by atoms with E-state index in [0.717, 1.165) is 18.2 Å². The van der Waals surface area contributed by atoms with E-state index in [1.54, 1.807) is 51.1 Å². The maximum atomic E-state index is 14.4. The van der Waals surface area contributed by atoms with Gasteiger partial charge in [0.25, 0.3) is 7.37 Å². The number of rotatable bonds is 10.